The van der Waals surface area contributed by atoms with Crippen LogP contribution >= 0.6 is 11.6 Å². The van der Waals surface area contributed by atoms with Gasteiger partial charge >= 0.3 is 6.09 Å². The maximum atomic E-state index is 11.6. The van der Waals surface area contributed by atoms with Crippen LogP contribution in [0.2, 0.25) is 5.02 Å². The molecule has 0 fully saturated rings. The standard InChI is InChI=1S/C20H27ClN2O2/c1-20(2,3)25-19(24)23-12-6-4-5-7-17-16-11-14-22-13-10-15(16)8-9-18(17)21/h8-9,22H,4,6,10-14H2,1-3H3,(H,23,24). The Morgan fingerprint density at radius 3 is 2.84 bits per heavy atom. The Morgan fingerprint density at radius 2 is 2.08 bits per heavy atom. The quantitative estimate of drug-likeness (QED) is 0.637. The van der Waals surface area contributed by atoms with E-state index >= 15 is 0 Å². The lowest BCUT2D eigenvalue weighted by Gasteiger charge is -2.19. The molecule has 1 aromatic rings. The number of carbonyl (C=O) groups excluding carboxylic acids is 1. The van der Waals surface area contributed by atoms with Crippen LogP contribution in [-0.4, -0.2) is 31.3 Å². The number of nitrogens with one attached hydrogen (secondary N) is 2. The molecule has 1 aliphatic heterocycles. The summed E-state index contributed by atoms with van der Waals surface area (Å²) in [6.45, 7) is 8.05. The predicted octanol–water partition coefficient (Wildman–Crippen LogP) is 3.68. The van der Waals surface area contributed by atoms with Crippen molar-refractivity contribution in [2.45, 2.75) is 52.1 Å². The van der Waals surface area contributed by atoms with Crippen LogP contribution in [0.25, 0.3) is 0 Å². The first-order valence-electron chi connectivity index (χ1n) is 8.83. The summed E-state index contributed by atoms with van der Waals surface area (Å²) in [5, 5.41) is 6.87. The van der Waals surface area contributed by atoms with E-state index in [1.165, 1.54) is 11.1 Å². The molecule has 0 bridgehead atoms. The van der Waals surface area contributed by atoms with E-state index in [0.29, 0.717) is 13.0 Å². The van der Waals surface area contributed by atoms with Crippen LogP contribution in [0.5, 0.6) is 0 Å². The van der Waals surface area contributed by atoms with Gasteiger partial charge in [0, 0.05) is 18.5 Å². The van der Waals surface area contributed by atoms with Crippen molar-refractivity contribution in [3.05, 3.63) is 33.8 Å². The van der Waals surface area contributed by atoms with E-state index in [0.717, 1.165) is 42.9 Å². The minimum absolute atomic E-state index is 0.385. The second-order valence-corrected chi connectivity index (χ2v) is 7.55. The Kier molecular flexibility index (Phi) is 7.16. The van der Waals surface area contributed by atoms with Gasteiger partial charge < -0.3 is 15.4 Å². The van der Waals surface area contributed by atoms with Gasteiger partial charge in [-0.05, 0) is 70.3 Å². The molecule has 5 heteroatoms. The number of amides is 1. The van der Waals surface area contributed by atoms with Gasteiger partial charge in [0.25, 0.3) is 0 Å². The van der Waals surface area contributed by atoms with Crippen LogP contribution < -0.4 is 10.6 Å². The highest BCUT2D eigenvalue weighted by molar-refractivity contribution is 6.31. The fraction of sp³-hybridized carbons (Fsp3) is 0.550. The third kappa shape index (κ3) is 6.61. The Balaban J connectivity index is 1.87. The lowest BCUT2D eigenvalue weighted by Crippen LogP contribution is -2.32. The average Bonchev–Trinajstić information content (AvgIpc) is 2.76. The number of benzene rings is 1. The summed E-state index contributed by atoms with van der Waals surface area (Å²) in [5.74, 6) is 6.43. The number of ether oxygens (including phenoxy) is 1. The smallest absolute Gasteiger partial charge is 0.407 e. The minimum atomic E-state index is -0.472. The van der Waals surface area contributed by atoms with Crippen LogP contribution in [0.4, 0.5) is 4.79 Å². The van der Waals surface area contributed by atoms with Crippen LogP contribution in [0.1, 0.15) is 50.3 Å². The van der Waals surface area contributed by atoms with Crippen LogP contribution in [0.3, 0.4) is 0 Å². The molecular weight excluding hydrogens is 336 g/mol. The Labute approximate surface area is 155 Å². The molecule has 0 aliphatic carbocycles. The van der Waals surface area contributed by atoms with Crippen molar-refractivity contribution in [2.24, 2.45) is 0 Å². The second kappa shape index (κ2) is 9.12. The summed E-state index contributed by atoms with van der Waals surface area (Å²) < 4.78 is 5.19. The predicted molar refractivity (Wildman–Crippen MR) is 102 cm³/mol. The molecule has 1 heterocycles. The van der Waals surface area contributed by atoms with Crippen LogP contribution in [0, 0.1) is 11.8 Å². The summed E-state index contributed by atoms with van der Waals surface area (Å²) in [6, 6.07) is 4.06. The number of fused-ring (bicyclic) bond motifs is 1. The van der Waals surface area contributed by atoms with Gasteiger partial charge in [-0.15, -0.1) is 0 Å². The minimum Gasteiger partial charge on any atom is -0.444 e. The summed E-state index contributed by atoms with van der Waals surface area (Å²) in [4.78, 5) is 11.6. The first kappa shape index (κ1) is 19.6. The lowest BCUT2D eigenvalue weighted by atomic mass is 9.97. The molecule has 0 spiro atoms. The van der Waals surface area contributed by atoms with Crippen molar-refractivity contribution >= 4 is 17.7 Å². The summed E-state index contributed by atoms with van der Waals surface area (Å²) in [5.41, 5.74) is 3.10. The summed E-state index contributed by atoms with van der Waals surface area (Å²) in [6.07, 6.45) is 3.07. The van der Waals surface area contributed by atoms with Crippen molar-refractivity contribution in [1.82, 2.24) is 10.6 Å². The molecule has 0 saturated heterocycles. The fourth-order valence-electron chi connectivity index (χ4n) is 2.71. The molecule has 1 aromatic carbocycles. The van der Waals surface area contributed by atoms with E-state index in [4.69, 9.17) is 16.3 Å². The van der Waals surface area contributed by atoms with Gasteiger partial charge in [-0.1, -0.05) is 29.5 Å². The number of halogens is 1. The fourth-order valence-corrected chi connectivity index (χ4v) is 2.94. The first-order valence-corrected chi connectivity index (χ1v) is 9.21. The van der Waals surface area contributed by atoms with E-state index in [-0.39, 0.29) is 6.09 Å². The molecule has 136 valence electrons. The van der Waals surface area contributed by atoms with E-state index < -0.39 is 5.60 Å². The zero-order chi connectivity index (χ0) is 18.3. The molecule has 2 rings (SSSR count). The SMILES string of the molecule is CC(C)(C)OC(=O)NCCCC#Cc1c(Cl)ccc2c1CCNCC2. The van der Waals surface area contributed by atoms with Crippen molar-refractivity contribution < 1.29 is 9.53 Å². The molecule has 0 unspecified atom stereocenters. The molecule has 0 saturated carbocycles. The first-order chi connectivity index (χ1) is 11.9. The van der Waals surface area contributed by atoms with E-state index in [9.17, 15) is 4.79 Å². The number of hydrogen-bond acceptors (Lipinski definition) is 3. The summed E-state index contributed by atoms with van der Waals surface area (Å²) >= 11 is 6.36. The molecule has 0 radical (unpaired) electrons. The zero-order valence-corrected chi connectivity index (χ0v) is 16.1. The highest BCUT2D eigenvalue weighted by atomic mass is 35.5. The van der Waals surface area contributed by atoms with E-state index in [2.05, 4.69) is 28.5 Å². The Morgan fingerprint density at radius 1 is 1.32 bits per heavy atom. The van der Waals surface area contributed by atoms with Crippen molar-refractivity contribution in [3.8, 4) is 11.8 Å². The highest BCUT2D eigenvalue weighted by Gasteiger charge is 2.15. The van der Waals surface area contributed by atoms with Crippen LogP contribution in [-0.2, 0) is 17.6 Å². The monoisotopic (exact) mass is 362 g/mol. The molecule has 0 atom stereocenters. The van der Waals surface area contributed by atoms with Gasteiger partial charge in [0.2, 0.25) is 0 Å². The average molecular weight is 363 g/mol. The maximum Gasteiger partial charge on any atom is 0.407 e. The van der Waals surface area contributed by atoms with E-state index in [1.807, 2.05) is 26.8 Å². The molecule has 2 N–H and O–H groups in total. The number of alkyl carbamates (subject to hydrolysis) is 1. The van der Waals surface area contributed by atoms with E-state index in [1.54, 1.807) is 0 Å². The van der Waals surface area contributed by atoms with Gasteiger partial charge in [-0.3, -0.25) is 0 Å². The Bertz CT molecular complexity index is 669. The topological polar surface area (TPSA) is 50.4 Å². The van der Waals surface area contributed by atoms with Crippen molar-refractivity contribution in [2.75, 3.05) is 19.6 Å². The Hall–Kier alpha value is -1.70. The van der Waals surface area contributed by atoms with Gasteiger partial charge in [-0.25, -0.2) is 4.79 Å². The number of hydrogen-bond donors (Lipinski definition) is 2. The lowest BCUT2D eigenvalue weighted by molar-refractivity contribution is 0.0527. The molecular formula is C20H27ClN2O2. The third-order valence-electron chi connectivity index (χ3n) is 3.84. The second-order valence-electron chi connectivity index (χ2n) is 7.14. The van der Waals surface area contributed by atoms with Gasteiger partial charge in [0.15, 0.2) is 0 Å². The zero-order valence-electron chi connectivity index (χ0n) is 15.3. The molecule has 1 amide bonds. The third-order valence-corrected chi connectivity index (χ3v) is 4.16. The normalized spacial score (nSPS) is 13.9. The highest BCUT2D eigenvalue weighted by Crippen LogP contribution is 2.24. The van der Waals surface area contributed by atoms with Crippen molar-refractivity contribution in [1.29, 1.82) is 0 Å². The van der Waals surface area contributed by atoms with Gasteiger partial charge in [-0.2, -0.15) is 0 Å². The number of unbranched alkanes of at least 4 members (excludes halogenated alkanes) is 1. The number of rotatable bonds is 3. The molecule has 25 heavy (non-hydrogen) atoms. The van der Waals surface area contributed by atoms with Gasteiger partial charge in [0.1, 0.15) is 5.60 Å². The summed E-state index contributed by atoms with van der Waals surface area (Å²) in [7, 11) is 0. The molecule has 1 aliphatic rings. The maximum absolute atomic E-state index is 11.6. The van der Waals surface area contributed by atoms with Crippen LogP contribution in [0.15, 0.2) is 12.1 Å². The molecule has 4 nitrogen and oxygen atoms in total. The molecule has 0 aromatic heterocycles. The van der Waals surface area contributed by atoms with Crippen molar-refractivity contribution in [3.63, 3.8) is 0 Å². The largest absolute Gasteiger partial charge is 0.444 e. The number of carbonyl (C=O) groups is 1. The van der Waals surface area contributed by atoms with Gasteiger partial charge in [0.05, 0.1) is 5.02 Å².